The molecule has 9 heteroatoms. The van der Waals surface area contributed by atoms with Gasteiger partial charge in [0.1, 0.15) is 5.82 Å². The number of esters is 1. The highest BCUT2D eigenvalue weighted by atomic mass is 32.1. The molecule has 2 aromatic carbocycles. The molecular weight excluding hydrogens is 409 g/mol. The Labute approximate surface area is 175 Å². The van der Waals surface area contributed by atoms with Crippen LogP contribution in [0.2, 0.25) is 0 Å². The molecule has 7 nitrogen and oxygen atoms in total. The number of hydrogen-bond acceptors (Lipinski definition) is 7. The fourth-order valence-electron chi connectivity index (χ4n) is 2.81. The SMILES string of the molecule is COc1cccc(OC)c1OC(=O)c1nc(-c2cccs2)n(-c2cccc(F)c2)n1. The molecule has 0 aliphatic rings. The standard InChI is InChI=1S/C21H16FN3O4S/c1-27-15-8-4-9-16(28-2)18(15)29-21(26)19-23-20(17-10-5-11-30-17)25(24-19)14-7-3-6-13(22)12-14/h3-12H,1-2H3. The molecule has 0 fully saturated rings. The van der Waals surface area contributed by atoms with E-state index in [-0.39, 0.29) is 11.6 Å². The van der Waals surface area contributed by atoms with E-state index >= 15 is 0 Å². The number of benzene rings is 2. The summed E-state index contributed by atoms with van der Waals surface area (Å²) in [6.07, 6.45) is 0. The Bertz CT molecular complexity index is 1170. The van der Waals surface area contributed by atoms with Crippen LogP contribution in [0.25, 0.3) is 16.4 Å². The van der Waals surface area contributed by atoms with E-state index in [0.717, 1.165) is 4.88 Å². The van der Waals surface area contributed by atoms with Crippen molar-refractivity contribution in [2.75, 3.05) is 14.2 Å². The first-order chi connectivity index (χ1) is 14.6. The zero-order chi connectivity index (χ0) is 21.1. The summed E-state index contributed by atoms with van der Waals surface area (Å²) in [6, 6.07) is 14.5. The lowest BCUT2D eigenvalue weighted by atomic mass is 10.3. The molecule has 4 aromatic rings. The van der Waals surface area contributed by atoms with E-state index in [0.29, 0.717) is 23.0 Å². The molecule has 4 rings (SSSR count). The van der Waals surface area contributed by atoms with E-state index in [1.54, 1.807) is 30.3 Å². The van der Waals surface area contributed by atoms with Crippen molar-refractivity contribution in [2.45, 2.75) is 0 Å². The Morgan fingerprint density at radius 1 is 1.03 bits per heavy atom. The van der Waals surface area contributed by atoms with Crippen molar-refractivity contribution < 1.29 is 23.4 Å². The van der Waals surface area contributed by atoms with Gasteiger partial charge in [0.15, 0.2) is 17.3 Å². The predicted octanol–water partition coefficient (Wildman–Crippen LogP) is 4.37. The van der Waals surface area contributed by atoms with Gasteiger partial charge in [0.05, 0.1) is 24.8 Å². The number of aromatic nitrogens is 3. The smallest absolute Gasteiger partial charge is 0.383 e. The van der Waals surface area contributed by atoms with Gasteiger partial charge >= 0.3 is 5.97 Å². The number of carbonyl (C=O) groups is 1. The minimum absolute atomic E-state index is 0.118. The molecule has 2 heterocycles. The van der Waals surface area contributed by atoms with Gasteiger partial charge in [0, 0.05) is 0 Å². The molecule has 0 radical (unpaired) electrons. The molecule has 0 atom stereocenters. The van der Waals surface area contributed by atoms with Crippen LogP contribution in [-0.2, 0) is 0 Å². The maximum Gasteiger partial charge on any atom is 0.383 e. The van der Waals surface area contributed by atoms with Crippen LogP contribution >= 0.6 is 11.3 Å². The highest BCUT2D eigenvalue weighted by molar-refractivity contribution is 7.13. The molecule has 0 aliphatic carbocycles. The molecule has 0 saturated heterocycles. The van der Waals surface area contributed by atoms with Crippen molar-refractivity contribution >= 4 is 17.3 Å². The Kier molecular flexibility index (Phi) is 5.44. The van der Waals surface area contributed by atoms with Crippen molar-refractivity contribution in [3.63, 3.8) is 0 Å². The van der Waals surface area contributed by atoms with E-state index in [1.165, 1.54) is 42.4 Å². The van der Waals surface area contributed by atoms with Crippen LogP contribution < -0.4 is 14.2 Å². The van der Waals surface area contributed by atoms with E-state index in [2.05, 4.69) is 10.1 Å². The Morgan fingerprint density at radius 2 is 1.77 bits per heavy atom. The number of halogens is 1. The molecule has 30 heavy (non-hydrogen) atoms. The van der Waals surface area contributed by atoms with Crippen LogP contribution in [0.3, 0.4) is 0 Å². The first-order valence-electron chi connectivity index (χ1n) is 8.80. The van der Waals surface area contributed by atoms with Gasteiger partial charge in [-0.2, -0.15) is 4.98 Å². The minimum Gasteiger partial charge on any atom is -0.493 e. The monoisotopic (exact) mass is 425 g/mol. The quantitative estimate of drug-likeness (QED) is 0.337. The second kappa shape index (κ2) is 8.34. The minimum atomic E-state index is -0.800. The van der Waals surface area contributed by atoms with Crippen LogP contribution in [0.5, 0.6) is 17.2 Å². The van der Waals surface area contributed by atoms with Gasteiger partial charge in [-0.15, -0.1) is 16.4 Å². The van der Waals surface area contributed by atoms with E-state index in [1.807, 2.05) is 17.5 Å². The summed E-state index contributed by atoms with van der Waals surface area (Å²) < 4.78 is 31.2. The number of para-hydroxylation sites is 1. The molecule has 152 valence electrons. The number of nitrogens with zero attached hydrogens (tertiary/aromatic N) is 3. The van der Waals surface area contributed by atoms with Crippen molar-refractivity contribution in [1.82, 2.24) is 14.8 Å². The number of thiophene rings is 1. The van der Waals surface area contributed by atoms with E-state index in [4.69, 9.17) is 14.2 Å². The highest BCUT2D eigenvalue weighted by Gasteiger charge is 2.24. The normalized spacial score (nSPS) is 10.6. The summed E-state index contributed by atoms with van der Waals surface area (Å²) in [7, 11) is 2.91. The van der Waals surface area contributed by atoms with Crippen LogP contribution in [0.1, 0.15) is 10.6 Å². The van der Waals surface area contributed by atoms with Crippen molar-refractivity contribution in [1.29, 1.82) is 0 Å². The van der Waals surface area contributed by atoms with Crippen molar-refractivity contribution in [2.24, 2.45) is 0 Å². The maximum atomic E-state index is 13.8. The van der Waals surface area contributed by atoms with E-state index in [9.17, 15) is 9.18 Å². The first-order valence-corrected chi connectivity index (χ1v) is 9.68. The average Bonchev–Trinajstić information content (AvgIpc) is 3.43. The molecular formula is C21H16FN3O4S. The van der Waals surface area contributed by atoms with Crippen LogP contribution in [0.4, 0.5) is 4.39 Å². The molecule has 0 amide bonds. The zero-order valence-electron chi connectivity index (χ0n) is 16.0. The fraction of sp³-hybridized carbons (Fsp3) is 0.0952. The Hall–Kier alpha value is -3.72. The predicted molar refractivity (Wildman–Crippen MR) is 109 cm³/mol. The van der Waals surface area contributed by atoms with Gasteiger partial charge in [-0.25, -0.2) is 13.9 Å². The van der Waals surface area contributed by atoms with Gasteiger partial charge in [0.2, 0.25) is 5.75 Å². The first kappa shape index (κ1) is 19.6. The number of methoxy groups -OCH3 is 2. The Morgan fingerprint density at radius 3 is 2.40 bits per heavy atom. The molecule has 0 spiro atoms. The van der Waals surface area contributed by atoms with Gasteiger partial charge in [-0.05, 0) is 41.8 Å². The van der Waals surface area contributed by atoms with Crippen molar-refractivity contribution in [3.8, 4) is 33.6 Å². The summed E-state index contributed by atoms with van der Waals surface area (Å²) in [5.74, 6) is -0.247. The third-order valence-corrected chi connectivity index (χ3v) is 5.03. The van der Waals surface area contributed by atoms with Gasteiger partial charge in [-0.3, -0.25) is 0 Å². The van der Waals surface area contributed by atoms with Gasteiger partial charge in [0.25, 0.3) is 5.82 Å². The molecule has 0 saturated carbocycles. The van der Waals surface area contributed by atoms with Crippen LogP contribution in [0, 0.1) is 5.82 Å². The molecule has 0 unspecified atom stereocenters. The zero-order valence-corrected chi connectivity index (χ0v) is 16.9. The number of rotatable bonds is 6. The summed E-state index contributed by atoms with van der Waals surface area (Å²) in [5, 5.41) is 6.15. The lowest BCUT2D eigenvalue weighted by Gasteiger charge is -2.11. The van der Waals surface area contributed by atoms with Gasteiger partial charge < -0.3 is 14.2 Å². The number of hydrogen-bond donors (Lipinski definition) is 0. The summed E-state index contributed by atoms with van der Waals surface area (Å²) in [6.45, 7) is 0. The number of carbonyl (C=O) groups excluding carboxylic acids is 1. The lowest BCUT2D eigenvalue weighted by Crippen LogP contribution is -2.12. The second-order valence-corrected chi connectivity index (χ2v) is 6.96. The third-order valence-electron chi connectivity index (χ3n) is 4.16. The fourth-order valence-corrected chi connectivity index (χ4v) is 3.51. The Balaban J connectivity index is 1.76. The third kappa shape index (κ3) is 3.74. The molecule has 2 aromatic heterocycles. The van der Waals surface area contributed by atoms with Gasteiger partial charge in [-0.1, -0.05) is 18.2 Å². The van der Waals surface area contributed by atoms with Crippen molar-refractivity contribution in [3.05, 3.63) is 71.6 Å². The average molecular weight is 425 g/mol. The number of ether oxygens (including phenoxy) is 3. The molecule has 0 aliphatic heterocycles. The van der Waals surface area contributed by atoms with E-state index < -0.39 is 11.8 Å². The largest absolute Gasteiger partial charge is 0.493 e. The molecule has 0 bridgehead atoms. The molecule has 0 N–H and O–H groups in total. The van der Waals surface area contributed by atoms with Crippen LogP contribution in [-0.4, -0.2) is 35.0 Å². The highest BCUT2D eigenvalue weighted by Crippen LogP contribution is 2.37. The lowest BCUT2D eigenvalue weighted by molar-refractivity contribution is 0.0711. The topological polar surface area (TPSA) is 75.5 Å². The second-order valence-electron chi connectivity index (χ2n) is 6.01. The summed E-state index contributed by atoms with van der Waals surface area (Å²) in [5.41, 5.74) is 0.430. The van der Waals surface area contributed by atoms with Crippen LogP contribution in [0.15, 0.2) is 60.0 Å². The maximum absolute atomic E-state index is 13.8. The summed E-state index contributed by atoms with van der Waals surface area (Å²) >= 11 is 1.42. The summed E-state index contributed by atoms with van der Waals surface area (Å²) in [4.78, 5) is 18.0.